The Morgan fingerprint density at radius 3 is 2.29 bits per heavy atom. The Labute approximate surface area is 156 Å². The van der Waals surface area contributed by atoms with E-state index in [1.54, 1.807) is 0 Å². The molecular weight excluding hydrogens is 413 g/mol. The van der Waals surface area contributed by atoms with Crippen molar-refractivity contribution >= 4 is 34.2 Å². The molecule has 1 fully saturated rings. The van der Waals surface area contributed by atoms with Gasteiger partial charge in [0, 0.05) is 28.9 Å². The average Bonchev–Trinajstić information content (AvgIpc) is 2.59. The second kappa shape index (κ2) is 7.53. The van der Waals surface area contributed by atoms with Gasteiger partial charge in [-0.3, -0.25) is 9.69 Å². The molecule has 1 saturated heterocycles. The monoisotopic (exact) mass is 435 g/mol. The van der Waals surface area contributed by atoms with Crippen molar-refractivity contribution in [2.24, 2.45) is 5.73 Å². The Bertz CT molecular complexity index is 680. The number of amides is 1. The van der Waals surface area contributed by atoms with E-state index in [9.17, 15) is 4.79 Å². The van der Waals surface area contributed by atoms with Gasteiger partial charge < -0.3 is 11.1 Å². The molecular formula is C19H22IN3O. The lowest BCUT2D eigenvalue weighted by molar-refractivity contribution is -0.123. The molecule has 2 aromatic rings. The molecule has 2 aromatic carbocycles. The first-order valence-corrected chi connectivity index (χ1v) is 9.25. The average molecular weight is 435 g/mol. The lowest BCUT2D eigenvalue weighted by Crippen LogP contribution is -2.56. The fraction of sp³-hybridized carbons (Fsp3) is 0.316. The van der Waals surface area contributed by atoms with E-state index in [4.69, 9.17) is 5.73 Å². The highest BCUT2D eigenvalue weighted by molar-refractivity contribution is 14.1. The number of piperidine rings is 1. The molecule has 0 aromatic heterocycles. The van der Waals surface area contributed by atoms with Crippen molar-refractivity contribution in [3.05, 3.63) is 63.7 Å². The van der Waals surface area contributed by atoms with Gasteiger partial charge in [-0.25, -0.2) is 0 Å². The minimum absolute atomic E-state index is 0.264. The lowest BCUT2D eigenvalue weighted by atomic mass is 9.86. The van der Waals surface area contributed by atoms with Crippen molar-refractivity contribution in [1.82, 2.24) is 4.90 Å². The largest absolute Gasteiger partial charge is 0.371 e. The van der Waals surface area contributed by atoms with Crippen molar-refractivity contribution < 1.29 is 4.79 Å². The minimum Gasteiger partial charge on any atom is -0.371 e. The highest BCUT2D eigenvalue weighted by atomic mass is 127. The van der Waals surface area contributed by atoms with Crippen LogP contribution >= 0.6 is 22.6 Å². The first kappa shape index (κ1) is 17.2. The molecule has 5 heteroatoms. The van der Waals surface area contributed by atoms with Gasteiger partial charge in [0.2, 0.25) is 5.91 Å². The Hall–Kier alpha value is -1.60. The predicted octanol–water partition coefficient (Wildman–Crippen LogP) is 3.22. The van der Waals surface area contributed by atoms with Crippen molar-refractivity contribution in [3.8, 4) is 0 Å². The molecule has 0 radical (unpaired) electrons. The summed E-state index contributed by atoms with van der Waals surface area (Å²) in [5, 5.41) is 3.40. The van der Waals surface area contributed by atoms with E-state index in [0.717, 1.165) is 38.2 Å². The number of halogens is 1. The lowest BCUT2D eigenvalue weighted by Gasteiger charge is -2.40. The second-order valence-electron chi connectivity index (χ2n) is 6.34. The zero-order chi connectivity index (χ0) is 17.0. The van der Waals surface area contributed by atoms with Crippen LogP contribution in [0.15, 0.2) is 54.6 Å². The number of primary amides is 1. The highest BCUT2D eigenvalue weighted by Crippen LogP contribution is 2.28. The first-order chi connectivity index (χ1) is 11.6. The molecule has 3 rings (SSSR count). The van der Waals surface area contributed by atoms with Crippen LogP contribution < -0.4 is 11.1 Å². The molecule has 3 N–H and O–H groups in total. The summed E-state index contributed by atoms with van der Waals surface area (Å²) in [6.07, 6.45) is 1.45. The van der Waals surface area contributed by atoms with Gasteiger partial charge in [0.15, 0.2) is 0 Å². The number of nitrogens with zero attached hydrogens (tertiary/aromatic N) is 1. The summed E-state index contributed by atoms with van der Waals surface area (Å²) in [6.45, 7) is 2.63. The third-order valence-corrected chi connectivity index (χ3v) is 5.38. The van der Waals surface area contributed by atoms with Crippen molar-refractivity contribution in [3.63, 3.8) is 0 Å². The summed E-state index contributed by atoms with van der Waals surface area (Å²) in [4.78, 5) is 14.5. The molecule has 1 aliphatic rings. The number of nitrogens with one attached hydrogen (secondary N) is 1. The van der Waals surface area contributed by atoms with E-state index in [0.29, 0.717) is 0 Å². The number of nitrogens with two attached hydrogens (primary N) is 1. The number of likely N-dealkylation sites (tertiary alicyclic amines) is 1. The molecule has 24 heavy (non-hydrogen) atoms. The summed E-state index contributed by atoms with van der Waals surface area (Å²) in [5.74, 6) is -0.264. The fourth-order valence-electron chi connectivity index (χ4n) is 3.18. The summed E-state index contributed by atoms with van der Waals surface area (Å²) in [5.41, 5.74) is 7.35. The number of hydrogen-bond acceptors (Lipinski definition) is 3. The first-order valence-electron chi connectivity index (χ1n) is 8.17. The Balaban J connectivity index is 1.65. The molecule has 0 saturated carbocycles. The number of rotatable bonds is 5. The Morgan fingerprint density at radius 2 is 1.71 bits per heavy atom. The van der Waals surface area contributed by atoms with Crippen LogP contribution in [-0.4, -0.2) is 29.4 Å². The van der Waals surface area contributed by atoms with E-state index in [1.807, 2.05) is 30.3 Å². The summed E-state index contributed by atoms with van der Waals surface area (Å²) >= 11 is 2.27. The molecule has 0 bridgehead atoms. The van der Waals surface area contributed by atoms with E-state index in [2.05, 4.69) is 57.1 Å². The SMILES string of the molecule is NC(=O)C1(Nc2ccc(I)cc2)CCN(Cc2ccccc2)CC1. The maximum Gasteiger partial charge on any atom is 0.243 e. The molecule has 1 aliphatic heterocycles. The number of anilines is 1. The predicted molar refractivity (Wildman–Crippen MR) is 106 cm³/mol. The highest BCUT2D eigenvalue weighted by Gasteiger charge is 2.39. The van der Waals surface area contributed by atoms with Crippen LogP contribution in [0.5, 0.6) is 0 Å². The van der Waals surface area contributed by atoms with Gasteiger partial charge >= 0.3 is 0 Å². The zero-order valence-electron chi connectivity index (χ0n) is 13.5. The van der Waals surface area contributed by atoms with Crippen molar-refractivity contribution in [1.29, 1.82) is 0 Å². The van der Waals surface area contributed by atoms with Crippen LogP contribution in [0.25, 0.3) is 0 Å². The second-order valence-corrected chi connectivity index (χ2v) is 7.59. The summed E-state index contributed by atoms with van der Waals surface area (Å²) < 4.78 is 1.17. The molecule has 4 nitrogen and oxygen atoms in total. The minimum atomic E-state index is -0.653. The molecule has 0 unspecified atom stereocenters. The molecule has 0 spiro atoms. The van der Waals surface area contributed by atoms with Gasteiger partial charge in [0.25, 0.3) is 0 Å². The molecule has 1 amide bonds. The van der Waals surface area contributed by atoms with Gasteiger partial charge in [-0.15, -0.1) is 0 Å². The maximum absolute atomic E-state index is 12.2. The van der Waals surface area contributed by atoms with Crippen molar-refractivity contribution in [2.75, 3.05) is 18.4 Å². The summed E-state index contributed by atoms with van der Waals surface area (Å²) in [6, 6.07) is 18.5. The molecule has 1 heterocycles. The van der Waals surface area contributed by atoms with Gasteiger partial charge in [-0.2, -0.15) is 0 Å². The standard InChI is InChI=1S/C19H22IN3O/c20-16-6-8-17(9-7-16)22-19(18(21)24)10-12-23(13-11-19)14-15-4-2-1-3-5-15/h1-9,22H,10-14H2,(H2,21,24). The van der Waals surface area contributed by atoms with Gasteiger partial charge in [0.05, 0.1) is 0 Å². The smallest absolute Gasteiger partial charge is 0.243 e. The third-order valence-electron chi connectivity index (χ3n) is 4.66. The van der Waals surface area contributed by atoms with Gasteiger partial charge in [-0.1, -0.05) is 30.3 Å². The number of carbonyl (C=O) groups excluding carboxylic acids is 1. The van der Waals surface area contributed by atoms with Crippen LogP contribution in [0.4, 0.5) is 5.69 Å². The number of carbonyl (C=O) groups is 1. The zero-order valence-corrected chi connectivity index (χ0v) is 15.7. The van der Waals surface area contributed by atoms with Gasteiger partial charge in [-0.05, 0) is 65.3 Å². The quantitative estimate of drug-likeness (QED) is 0.710. The molecule has 0 aliphatic carbocycles. The topological polar surface area (TPSA) is 58.4 Å². The maximum atomic E-state index is 12.2. The third kappa shape index (κ3) is 4.08. The van der Waals surface area contributed by atoms with Crippen LogP contribution in [-0.2, 0) is 11.3 Å². The number of benzene rings is 2. The van der Waals surface area contributed by atoms with Crippen molar-refractivity contribution in [2.45, 2.75) is 24.9 Å². The van der Waals surface area contributed by atoms with E-state index >= 15 is 0 Å². The van der Waals surface area contributed by atoms with Crippen LogP contribution in [0.1, 0.15) is 18.4 Å². The molecule has 126 valence electrons. The fourth-order valence-corrected chi connectivity index (χ4v) is 3.54. The molecule has 0 atom stereocenters. The van der Waals surface area contributed by atoms with E-state index < -0.39 is 5.54 Å². The normalized spacial score (nSPS) is 17.4. The van der Waals surface area contributed by atoms with Gasteiger partial charge in [0.1, 0.15) is 5.54 Å². The summed E-state index contributed by atoms with van der Waals surface area (Å²) in [7, 11) is 0. The van der Waals surface area contributed by atoms with Crippen LogP contribution in [0, 0.1) is 3.57 Å². The van der Waals surface area contributed by atoms with Crippen LogP contribution in [0.3, 0.4) is 0 Å². The Morgan fingerprint density at radius 1 is 1.08 bits per heavy atom. The Kier molecular flexibility index (Phi) is 5.40. The van der Waals surface area contributed by atoms with E-state index in [1.165, 1.54) is 9.13 Å². The van der Waals surface area contributed by atoms with E-state index in [-0.39, 0.29) is 5.91 Å². The number of hydrogen-bond donors (Lipinski definition) is 2. The van der Waals surface area contributed by atoms with Crippen LogP contribution in [0.2, 0.25) is 0 Å².